The van der Waals surface area contributed by atoms with Crippen LogP contribution in [0.25, 0.3) is 0 Å². The summed E-state index contributed by atoms with van der Waals surface area (Å²) < 4.78 is 20.5. The molecule has 0 unspecified atom stereocenters. The van der Waals surface area contributed by atoms with Crippen molar-refractivity contribution in [2.24, 2.45) is 0 Å². The fourth-order valence-electron chi connectivity index (χ4n) is 4.40. The third-order valence-corrected chi connectivity index (χ3v) is 7.57. The number of ether oxygens (including phenoxy) is 1. The van der Waals surface area contributed by atoms with Crippen LogP contribution in [0.3, 0.4) is 0 Å². The second-order valence-corrected chi connectivity index (χ2v) is 10.7. The number of carbonyl (C=O) groups is 3. The minimum atomic E-state index is -0.598. The summed E-state index contributed by atoms with van der Waals surface area (Å²) in [5.41, 5.74) is 0.456. The molecule has 1 atom stereocenters. The molecule has 1 saturated heterocycles. The number of nitrogens with zero attached hydrogens (tertiary/aromatic N) is 2. The van der Waals surface area contributed by atoms with Crippen LogP contribution in [0, 0.1) is 5.82 Å². The Bertz CT molecular complexity index is 1120. The Morgan fingerprint density at radius 1 is 1.20 bits per heavy atom. The van der Waals surface area contributed by atoms with Gasteiger partial charge >= 0.3 is 0 Å². The normalized spacial score (nSPS) is 19.1. The minimum absolute atomic E-state index is 0.0822. The van der Waals surface area contributed by atoms with Crippen molar-refractivity contribution in [3.63, 3.8) is 0 Å². The Morgan fingerprint density at radius 2 is 1.94 bits per heavy atom. The molecular weight excluding hydrogens is 495 g/mol. The molecule has 0 spiro atoms. The zero-order chi connectivity index (χ0) is 24.5. The van der Waals surface area contributed by atoms with Crippen molar-refractivity contribution < 1.29 is 23.5 Å². The maximum atomic E-state index is 14.9. The van der Waals surface area contributed by atoms with Crippen molar-refractivity contribution in [3.8, 4) is 0 Å². The van der Waals surface area contributed by atoms with E-state index in [1.165, 1.54) is 28.4 Å². The molecule has 0 radical (unpaired) electrons. The van der Waals surface area contributed by atoms with Crippen LogP contribution < -0.4 is 15.5 Å². The molecule has 8 nitrogen and oxygen atoms in total. The predicted molar refractivity (Wildman–Crippen MR) is 132 cm³/mol. The molecule has 5 rings (SSSR count). The second kappa shape index (κ2) is 10.2. The quantitative estimate of drug-likeness (QED) is 0.529. The monoisotopic (exact) mass is 520 g/mol. The van der Waals surface area contributed by atoms with E-state index in [9.17, 15) is 18.8 Å². The highest BCUT2D eigenvalue weighted by Gasteiger charge is 2.45. The highest BCUT2D eigenvalue weighted by atomic mass is 35.5. The maximum Gasteiger partial charge on any atom is 0.261 e. The number of carbonyl (C=O) groups excluding carboxylic acids is 3. The summed E-state index contributed by atoms with van der Waals surface area (Å²) in [6, 6.07) is 7.66. The van der Waals surface area contributed by atoms with Crippen LogP contribution >= 0.6 is 22.9 Å². The zero-order valence-electron chi connectivity index (χ0n) is 19.0. The lowest BCUT2D eigenvalue weighted by Crippen LogP contribution is -2.52. The van der Waals surface area contributed by atoms with Gasteiger partial charge in [-0.25, -0.2) is 4.39 Å². The first-order chi connectivity index (χ1) is 16.9. The van der Waals surface area contributed by atoms with Crippen LogP contribution in [0.15, 0.2) is 30.3 Å². The highest BCUT2D eigenvalue weighted by molar-refractivity contribution is 7.18. The molecule has 3 aliphatic rings. The smallest absolute Gasteiger partial charge is 0.261 e. The van der Waals surface area contributed by atoms with Gasteiger partial charge < -0.3 is 20.3 Å². The molecule has 1 aromatic carbocycles. The van der Waals surface area contributed by atoms with Gasteiger partial charge in [0, 0.05) is 30.9 Å². The van der Waals surface area contributed by atoms with Crippen molar-refractivity contribution in [2.45, 2.75) is 43.8 Å². The van der Waals surface area contributed by atoms with Crippen molar-refractivity contribution in [1.29, 1.82) is 0 Å². The van der Waals surface area contributed by atoms with Gasteiger partial charge in [-0.2, -0.15) is 0 Å². The fourth-order valence-corrected chi connectivity index (χ4v) is 5.36. The van der Waals surface area contributed by atoms with E-state index < -0.39 is 11.9 Å². The third kappa shape index (κ3) is 5.66. The molecule has 2 saturated carbocycles. The first-order valence-electron chi connectivity index (χ1n) is 11.7. The first kappa shape index (κ1) is 24.2. The lowest BCUT2D eigenvalue weighted by atomic mass is 10.1. The molecule has 2 N–H and O–H groups in total. The van der Waals surface area contributed by atoms with E-state index in [-0.39, 0.29) is 43.1 Å². The molecule has 2 aliphatic carbocycles. The minimum Gasteiger partial charge on any atom is -0.370 e. The first-order valence-corrected chi connectivity index (χ1v) is 12.9. The molecule has 1 aromatic heterocycles. The number of amides is 3. The van der Waals surface area contributed by atoms with Gasteiger partial charge in [0.1, 0.15) is 18.5 Å². The Kier molecular flexibility index (Phi) is 7.06. The number of thiophene rings is 1. The van der Waals surface area contributed by atoms with E-state index >= 15 is 0 Å². The Balaban J connectivity index is 1.30. The van der Waals surface area contributed by atoms with E-state index in [1.54, 1.807) is 18.2 Å². The topological polar surface area (TPSA) is 91.0 Å². The number of halogens is 2. The number of hydrogen-bond donors (Lipinski definition) is 2. The summed E-state index contributed by atoms with van der Waals surface area (Å²) in [6.45, 7) is 0.667. The van der Waals surface area contributed by atoms with Crippen LogP contribution in [-0.2, 0) is 14.3 Å². The van der Waals surface area contributed by atoms with Gasteiger partial charge in [0.05, 0.1) is 21.5 Å². The summed E-state index contributed by atoms with van der Waals surface area (Å²) in [5, 5.41) is 5.69. The number of rotatable bonds is 9. The van der Waals surface area contributed by atoms with Crippen LogP contribution in [0.1, 0.15) is 35.4 Å². The molecule has 1 aliphatic heterocycles. The van der Waals surface area contributed by atoms with Crippen molar-refractivity contribution in [1.82, 2.24) is 10.2 Å². The van der Waals surface area contributed by atoms with E-state index in [4.69, 9.17) is 16.3 Å². The van der Waals surface area contributed by atoms with Crippen LogP contribution in [0.2, 0.25) is 4.34 Å². The SMILES string of the molecule is O=C(NC[C@@H](C(=O)Nc1ccc(N2CCOCC2=O)c(F)c1)N(C1CC1)C1CC1)c1ccc(Cl)s1. The molecule has 11 heteroatoms. The summed E-state index contributed by atoms with van der Waals surface area (Å²) in [5.74, 6) is -1.49. The third-order valence-electron chi connectivity index (χ3n) is 6.34. The second-order valence-electron chi connectivity index (χ2n) is 8.99. The molecule has 2 heterocycles. The molecule has 2 aromatic rings. The number of anilines is 2. The van der Waals surface area contributed by atoms with Gasteiger partial charge in [-0.3, -0.25) is 19.3 Å². The number of nitrogens with one attached hydrogen (secondary N) is 2. The summed E-state index contributed by atoms with van der Waals surface area (Å²) >= 11 is 7.13. The lowest BCUT2D eigenvalue weighted by molar-refractivity contribution is -0.125. The number of hydrogen-bond acceptors (Lipinski definition) is 6. The largest absolute Gasteiger partial charge is 0.370 e. The summed E-state index contributed by atoms with van der Waals surface area (Å²) in [7, 11) is 0. The fraction of sp³-hybridized carbons (Fsp3) is 0.458. The average Bonchev–Trinajstić information content (AvgIpc) is 3.77. The molecule has 0 bridgehead atoms. The van der Waals surface area contributed by atoms with Crippen LogP contribution in [-0.4, -0.2) is 67.1 Å². The van der Waals surface area contributed by atoms with E-state index in [2.05, 4.69) is 15.5 Å². The van der Waals surface area contributed by atoms with E-state index in [1.807, 2.05) is 0 Å². The Hall–Kier alpha value is -2.53. The molecule has 186 valence electrons. The van der Waals surface area contributed by atoms with Crippen LogP contribution in [0.4, 0.5) is 15.8 Å². The molecular formula is C24H26ClFN4O4S. The Morgan fingerprint density at radius 3 is 2.54 bits per heavy atom. The number of benzene rings is 1. The van der Waals surface area contributed by atoms with Gasteiger partial charge in [0.15, 0.2) is 0 Å². The van der Waals surface area contributed by atoms with Gasteiger partial charge in [0.25, 0.3) is 11.8 Å². The van der Waals surface area contributed by atoms with Crippen molar-refractivity contribution in [3.05, 3.63) is 45.4 Å². The van der Waals surface area contributed by atoms with Crippen LogP contribution in [0.5, 0.6) is 0 Å². The van der Waals surface area contributed by atoms with E-state index in [0.717, 1.165) is 25.7 Å². The predicted octanol–water partition coefficient (Wildman–Crippen LogP) is 3.27. The lowest BCUT2D eigenvalue weighted by Gasteiger charge is -2.31. The standard InChI is InChI=1S/C24H26ClFN4O4S/c25-21-8-7-20(35-21)24(33)27-12-19(30(15-2-3-15)16-4-5-16)23(32)28-14-1-6-18(17(26)11-14)29-9-10-34-13-22(29)31/h1,6-8,11,15-16,19H,2-5,9-10,12-13H2,(H,27,33)(H,28,32)/t19-/m0/s1. The Labute approximate surface area is 211 Å². The molecule has 3 amide bonds. The van der Waals surface area contributed by atoms with Crippen molar-refractivity contribution in [2.75, 3.05) is 36.5 Å². The van der Waals surface area contributed by atoms with Crippen molar-refractivity contribution >= 4 is 52.0 Å². The molecule has 35 heavy (non-hydrogen) atoms. The summed E-state index contributed by atoms with van der Waals surface area (Å²) in [6.07, 6.45) is 4.08. The summed E-state index contributed by atoms with van der Waals surface area (Å²) in [4.78, 5) is 42.1. The van der Waals surface area contributed by atoms with Gasteiger partial charge in [-0.05, 0) is 56.0 Å². The van der Waals surface area contributed by atoms with Gasteiger partial charge in [0.2, 0.25) is 5.91 Å². The van der Waals surface area contributed by atoms with E-state index in [0.29, 0.717) is 33.6 Å². The van der Waals surface area contributed by atoms with Gasteiger partial charge in [-0.15, -0.1) is 11.3 Å². The molecule has 3 fully saturated rings. The zero-order valence-corrected chi connectivity index (χ0v) is 20.5. The number of morpholine rings is 1. The van der Waals surface area contributed by atoms with Gasteiger partial charge in [-0.1, -0.05) is 11.6 Å². The highest BCUT2D eigenvalue weighted by Crippen LogP contribution is 2.39. The maximum absolute atomic E-state index is 14.9. The average molecular weight is 521 g/mol.